The van der Waals surface area contributed by atoms with E-state index >= 15 is 0 Å². The first-order valence-electron chi connectivity index (χ1n) is 9.83. The van der Waals surface area contributed by atoms with E-state index < -0.39 is 22.1 Å². The molecule has 3 rings (SSSR count). The zero-order chi connectivity index (χ0) is 22.6. The molecule has 2 heterocycles. The van der Waals surface area contributed by atoms with Gasteiger partial charge in [0.05, 0.1) is 10.5 Å². The molecule has 0 amide bonds. The molecule has 0 aliphatic carbocycles. The molecule has 0 saturated carbocycles. The van der Waals surface area contributed by atoms with Crippen LogP contribution in [-0.2, 0) is 14.8 Å². The zero-order valence-corrected chi connectivity index (χ0v) is 18.6. The molecule has 0 radical (unpaired) electrons. The lowest BCUT2D eigenvalue weighted by Crippen LogP contribution is -2.31. The van der Waals surface area contributed by atoms with Crippen LogP contribution in [0.3, 0.4) is 0 Å². The maximum absolute atomic E-state index is 12.9. The third kappa shape index (κ3) is 4.80. The molecular weight excluding hydrogens is 420 g/mol. The maximum Gasteiger partial charge on any atom is 0.338 e. The molecule has 0 aliphatic rings. The van der Waals surface area contributed by atoms with E-state index in [0.717, 1.165) is 0 Å². The summed E-state index contributed by atoms with van der Waals surface area (Å²) in [6, 6.07) is 7.98. The molecule has 0 spiro atoms. The normalized spacial score (nSPS) is 12.7. The lowest BCUT2D eigenvalue weighted by molar-refractivity contribution is 0.0265. The third-order valence-corrected chi connectivity index (χ3v) is 6.93. The molecule has 0 saturated heterocycles. The molecule has 0 bridgehead atoms. The number of carbonyl (C=O) groups excluding carboxylic acids is 1. The van der Waals surface area contributed by atoms with E-state index in [4.69, 9.17) is 9.26 Å². The van der Waals surface area contributed by atoms with E-state index in [2.05, 4.69) is 15.1 Å². The summed E-state index contributed by atoms with van der Waals surface area (Å²) in [4.78, 5) is 21.0. The number of ether oxygens (including phenoxy) is 1. The van der Waals surface area contributed by atoms with Gasteiger partial charge in [0, 0.05) is 31.0 Å². The Morgan fingerprint density at radius 2 is 1.97 bits per heavy atom. The second-order valence-electron chi connectivity index (χ2n) is 6.82. The third-order valence-electron chi connectivity index (χ3n) is 4.74. The Kier molecular flexibility index (Phi) is 6.81. The number of pyridine rings is 1. The quantitative estimate of drug-likeness (QED) is 0.486. The van der Waals surface area contributed by atoms with Gasteiger partial charge in [-0.2, -0.15) is 9.29 Å². The van der Waals surface area contributed by atoms with Crippen LogP contribution < -0.4 is 0 Å². The largest absolute Gasteiger partial charge is 0.449 e. The molecule has 1 atom stereocenters. The molecule has 2 aromatic heterocycles. The van der Waals surface area contributed by atoms with E-state index in [9.17, 15) is 13.2 Å². The Hall–Kier alpha value is -3.11. The summed E-state index contributed by atoms with van der Waals surface area (Å²) in [5, 5.41) is 3.88. The summed E-state index contributed by atoms with van der Waals surface area (Å²) in [6.07, 6.45) is 2.40. The molecule has 9 nitrogen and oxygen atoms in total. The van der Waals surface area contributed by atoms with Crippen LogP contribution in [-0.4, -0.2) is 46.9 Å². The summed E-state index contributed by atoms with van der Waals surface area (Å²) in [5.74, 6) is -0.242. The molecule has 31 heavy (non-hydrogen) atoms. The second kappa shape index (κ2) is 9.36. The van der Waals surface area contributed by atoms with Gasteiger partial charge < -0.3 is 9.26 Å². The van der Waals surface area contributed by atoms with Crippen molar-refractivity contribution in [2.75, 3.05) is 13.1 Å². The van der Waals surface area contributed by atoms with Crippen LogP contribution in [0.4, 0.5) is 0 Å². The number of esters is 1. The Balaban J connectivity index is 1.80. The SMILES string of the molecule is CCN(CC)S(=O)(=O)c1cc(C(=O)OC(C)c2nc(-c3cccnc3)no2)ccc1C. The first kappa shape index (κ1) is 22.6. The first-order valence-corrected chi connectivity index (χ1v) is 11.3. The molecule has 1 aromatic carbocycles. The van der Waals surface area contributed by atoms with Gasteiger partial charge in [0.1, 0.15) is 0 Å². The van der Waals surface area contributed by atoms with Gasteiger partial charge in [-0.25, -0.2) is 13.2 Å². The van der Waals surface area contributed by atoms with Gasteiger partial charge in [-0.3, -0.25) is 4.98 Å². The lowest BCUT2D eigenvalue weighted by Gasteiger charge is -2.20. The fraction of sp³-hybridized carbons (Fsp3) is 0.333. The van der Waals surface area contributed by atoms with Crippen molar-refractivity contribution in [1.82, 2.24) is 19.4 Å². The topological polar surface area (TPSA) is 115 Å². The number of aromatic nitrogens is 3. The standard InChI is InChI=1S/C21H24N4O5S/c1-5-25(6-2)31(27,28)18-12-16(10-9-14(18)3)21(26)29-15(4)20-23-19(24-30-20)17-8-7-11-22-13-17/h7-13,15H,5-6H2,1-4H3. The minimum atomic E-state index is -3.72. The van der Waals surface area contributed by atoms with E-state index in [0.29, 0.717) is 30.0 Å². The van der Waals surface area contributed by atoms with Gasteiger partial charge in [0.2, 0.25) is 15.8 Å². The Morgan fingerprint density at radius 3 is 2.61 bits per heavy atom. The monoisotopic (exact) mass is 444 g/mol. The maximum atomic E-state index is 12.9. The highest BCUT2D eigenvalue weighted by Crippen LogP contribution is 2.24. The van der Waals surface area contributed by atoms with Crippen LogP contribution in [0.15, 0.2) is 52.1 Å². The van der Waals surface area contributed by atoms with Gasteiger partial charge in [-0.05, 0) is 43.7 Å². The fourth-order valence-corrected chi connectivity index (χ4v) is 4.71. The number of hydrogen-bond donors (Lipinski definition) is 0. The second-order valence-corrected chi connectivity index (χ2v) is 8.72. The number of sulfonamides is 1. The van der Waals surface area contributed by atoms with Crippen molar-refractivity contribution in [3.63, 3.8) is 0 Å². The highest BCUT2D eigenvalue weighted by Gasteiger charge is 2.26. The molecular formula is C21H24N4O5S. The predicted octanol–water partition coefficient (Wildman–Crippen LogP) is 3.39. The smallest absolute Gasteiger partial charge is 0.338 e. The number of hydrogen-bond acceptors (Lipinski definition) is 8. The van der Waals surface area contributed by atoms with E-state index in [1.54, 1.807) is 58.3 Å². The number of rotatable bonds is 8. The molecule has 164 valence electrons. The predicted molar refractivity (Wildman–Crippen MR) is 113 cm³/mol. The van der Waals surface area contributed by atoms with Crippen molar-refractivity contribution in [2.24, 2.45) is 0 Å². The van der Waals surface area contributed by atoms with Gasteiger partial charge in [-0.1, -0.05) is 25.1 Å². The summed E-state index contributed by atoms with van der Waals surface area (Å²) >= 11 is 0. The van der Waals surface area contributed by atoms with Crippen LogP contribution in [0.5, 0.6) is 0 Å². The highest BCUT2D eigenvalue weighted by atomic mass is 32.2. The van der Waals surface area contributed by atoms with Crippen molar-refractivity contribution in [2.45, 2.75) is 38.7 Å². The van der Waals surface area contributed by atoms with E-state index in [-0.39, 0.29) is 16.3 Å². The summed E-state index contributed by atoms with van der Waals surface area (Å²) < 4.78 is 37.8. The van der Waals surface area contributed by atoms with Crippen LogP contribution in [0.1, 0.15) is 48.7 Å². The van der Waals surface area contributed by atoms with Crippen molar-refractivity contribution in [1.29, 1.82) is 0 Å². The minimum absolute atomic E-state index is 0.0787. The Labute approximate surface area is 181 Å². The molecule has 10 heteroatoms. The fourth-order valence-electron chi connectivity index (χ4n) is 3.00. The van der Waals surface area contributed by atoms with Gasteiger partial charge >= 0.3 is 5.97 Å². The van der Waals surface area contributed by atoms with Crippen LogP contribution in [0.25, 0.3) is 11.4 Å². The molecule has 0 fully saturated rings. The van der Waals surface area contributed by atoms with Gasteiger partial charge in [-0.15, -0.1) is 0 Å². The van der Waals surface area contributed by atoms with E-state index in [1.807, 2.05) is 0 Å². The molecule has 0 N–H and O–H groups in total. The average molecular weight is 445 g/mol. The Morgan fingerprint density at radius 1 is 1.23 bits per heavy atom. The summed E-state index contributed by atoms with van der Waals surface area (Å²) in [6.45, 7) is 7.48. The number of carbonyl (C=O) groups is 1. The van der Waals surface area contributed by atoms with Crippen molar-refractivity contribution >= 4 is 16.0 Å². The van der Waals surface area contributed by atoms with Crippen LogP contribution >= 0.6 is 0 Å². The molecule has 1 unspecified atom stereocenters. The number of nitrogens with zero attached hydrogens (tertiary/aromatic N) is 4. The zero-order valence-electron chi connectivity index (χ0n) is 17.8. The van der Waals surface area contributed by atoms with Crippen LogP contribution in [0.2, 0.25) is 0 Å². The van der Waals surface area contributed by atoms with Crippen molar-refractivity contribution < 1.29 is 22.5 Å². The number of benzene rings is 1. The molecule has 3 aromatic rings. The van der Waals surface area contributed by atoms with Gasteiger partial charge in [0.25, 0.3) is 5.89 Å². The molecule has 0 aliphatic heterocycles. The van der Waals surface area contributed by atoms with Gasteiger partial charge in [0.15, 0.2) is 6.10 Å². The van der Waals surface area contributed by atoms with E-state index in [1.165, 1.54) is 16.4 Å². The van der Waals surface area contributed by atoms with Crippen LogP contribution in [0, 0.1) is 6.92 Å². The lowest BCUT2D eigenvalue weighted by atomic mass is 10.1. The Bertz CT molecular complexity index is 1160. The number of aryl methyl sites for hydroxylation is 1. The first-order chi connectivity index (χ1) is 14.8. The average Bonchev–Trinajstić information content (AvgIpc) is 3.25. The van der Waals surface area contributed by atoms with Crippen molar-refractivity contribution in [3.8, 4) is 11.4 Å². The highest BCUT2D eigenvalue weighted by molar-refractivity contribution is 7.89. The summed E-state index contributed by atoms with van der Waals surface area (Å²) in [7, 11) is -3.72. The minimum Gasteiger partial charge on any atom is -0.449 e. The van der Waals surface area contributed by atoms with Crippen molar-refractivity contribution in [3.05, 3.63) is 59.7 Å². The summed E-state index contributed by atoms with van der Waals surface area (Å²) in [5.41, 5.74) is 1.34.